The van der Waals surface area contributed by atoms with Crippen molar-refractivity contribution >= 4 is 0 Å². The summed E-state index contributed by atoms with van der Waals surface area (Å²) in [5.41, 5.74) is 0.406. The summed E-state index contributed by atoms with van der Waals surface area (Å²) in [6.07, 6.45) is 3.42. The van der Waals surface area contributed by atoms with Crippen molar-refractivity contribution in [3.8, 4) is 11.8 Å². The second-order valence-corrected chi connectivity index (χ2v) is 5.23. The topological polar surface area (TPSA) is 65.3 Å². The second-order valence-electron chi connectivity index (χ2n) is 5.23. The van der Waals surface area contributed by atoms with Gasteiger partial charge in [0.05, 0.1) is 19.3 Å². The third-order valence-corrected chi connectivity index (χ3v) is 3.63. The fourth-order valence-electron chi connectivity index (χ4n) is 2.23. The minimum atomic E-state index is -0.438. The third kappa shape index (κ3) is 5.74. The maximum absolute atomic E-state index is 9.41. The first kappa shape index (κ1) is 17.5. The van der Waals surface area contributed by atoms with Gasteiger partial charge in [-0.15, -0.1) is 0 Å². The van der Waals surface area contributed by atoms with Gasteiger partial charge >= 0.3 is 0 Å². The smallest absolute Gasteiger partial charge is 0.119 e. The van der Waals surface area contributed by atoms with Crippen LogP contribution in [0.25, 0.3) is 0 Å². The molecule has 21 heavy (non-hydrogen) atoms. The average Bonchev–Trinajstić information content (AvgIpc) is 2.55. The molecule has 0 aromatic heterocycles. The van der Waals surface area contributed by atoms with Crippen molar-refractivity contribution in [1.29, 1.82) is 5.26 Å². The first-order valence-electron chi connectivity index (χ1n) is 7.68. The Morgan fingerprint density at radius 2 is 2.19 bits per heavy atom. The van der Waals surface area contributed by atoms with Crippen LogP contribution in [0.2, 0.25) is 0 Å². The molecule has 0 aliphatic rings. The molecule has 1 atom stereocenters. The van der Waals surface area contributed by atoms with Gasteiger partial charge < -0.3 is 9.84 Å². The lowest BCUT2D eigenvalue weighted by atomic mass is 9.92. The predicted molar refractivity (Wildman–Crippen MR) is 84.0 cm³/mol. The number of aliphatic hydroxyl groups is 1. The fraction of sp³-hybridized carbons (Fsp3) is 0.588. The number of hydrogen-bond donors (Lipinski definition) is 2. The van der Waals surface area contributed by atoms with Crippen molar-refractivity contribution in [3.05, 3.63) is 29.8 Å². The van der Waals surface area contributed by atoms with Crippen LogP contribution in [-0.4, -0.2) is 23.8 Å². The minimum Gasteiger partial charge on any atom is -0.494 e. The Morgan fingerprint density at radius 3 is 2.81 bits per heavy atom. The van der Waals surface area contributed by atoms with Crippen LogP contribution >= 0.6 is 0 Å². The summed E-state index contributed by atoms with van der Waals surface area (Å²) in [5.74, 6) is 0.766. The molecule has 0 spiro atoms. The van der Waals surface area contributed by atoms with E-state index in [4.69, 9.17) is 9.84 Å². The van der Waals surface area contributed by atoms with E-state index in [-0.39, 0.29) is 6.61 Å². The van der Waals surface area contributed by atoms with Crippen LogP contribution in [0.5, 0.6) is 5.75 Å². The molecule has 0 heterocycles. The second kappa shape index (κ2) is 9.38. The number of nitrogens with one attached hydrogen (secondary N) is 1. The lowest BCUT2D eigenvalue weighted by Gasteiger charge is -2.26. The Kier molecular flexibility index (Phi) is 7.81. The van der Waals surface area contributed by atoms with Crippen molar-refractivity contribution in [2.75, 3.05) is 13.2 Å². The lowest BCUT2D eigenvalue weighted by molar-refractivity contribution is 0.270. The average molecular weight is 290 g/mol. The lowest BCUT2D eigenvalue weighted by Crippen LogP contribution is -2.44. The van der Waals surface area contributed by atoms with Gasteiger partial charge in [0, 0.05) is 0 Å². The van der Waals surface area contributed by atoms with Gasteiger partial charge in [-0.2, -0.15) is 5.26 Å². The van der Waals surface area contributed by atoms with Crippen molar-refractivity contribution in [2.24, 2.45) is 0 Å². The Morgan fingerprint density at radius 1 is 1.38 bits per heavy atom. The van der Waals surface area contributed by atoms with E-state index in [0.29, 0.717) is 6.61 Å². The highest BCUT2D eigenvalue weighted by Gasteiger charge is 2.26. The molecule has 0 radical (unpaired) electrons. The van der Waals surface area contributed by atoms with E-state index in [1.165, 1.54) is 0 Å². The number of rotatable bonds is 10. The Labute approximate surface area is 127 Å². The summed E-state index contributed by atoms with van der Waals surface area (Å²) in [7, 11) is 0. The Bertz CT molecular complexity index is 456. The molecule has 0 aliphatic heterocycles. The molecule has 0 bridgehead atoms. The largest absolute Gasteiger partial charge is 0.494 e. The van der Waals surface area contributed by atoms with Crippen LogP contribution in [0.3, 0.4) is 0 Å². The van der Waals surface area contributed by atoms with Crippen LogP contribution in [0.15, 0.2) is 24.3 Å². The molecule has 4 heteroatoms. The first-order chi connectivity index (χ1) is 10.2. The van der Waals surface area contributed by atoms with Gasteiger partial charge in [0.2, 0.25) is 0 Å². The van der Waals surface area contributed by atoms with Crippen molar-refractivity contribution < 1.29 is 9.84 Å². The highest BCUT2D eigenvalue weighted by Crippen LogP contribution is 2.18. The van der Waals surface area contributed by atoms with Gasteiger partial charge in [-0.05, 0) is 49.9 Å². The van der Waals surface area contributed by atoms with Gasteiger partial charge in [0.1, 0.15) is 11.3 Å². The SMILES string of the molecule is CCCNC(C#N)(CC)CCCOc1cccc(CO)c1. The summed E-state index contributed by atoms with van der Waals surface area (Å²) in [4.78, 5) is 0. The van der Waals surface area contributed by atoms with Crippen molar-refractivity contribution in [2.45, 2.75) is 51.7 Å². The van der Waals surface area contributed by atoms with E-state index in [9.17, 15) is 5.26 Å². The summed E-state index contributed by atoms with van der Waals surface area (Å²) in [6.45, 7) is 5.60. The minimum absolute atomic E-state index is 0.0194. The standard InChI is InChI=1S/C17H26N2O2/c1-3-10-19-17(4-2,14-18)9-6-11-21-16-8-5-7-15(12-16)13-20/h5,7-8,12,19-20H,3-4,6,9-11,13H2,1-2H3. The molecule has 2 N–H and O–H groups in total. The molecule has 0 fully saturated rings. The monoisotopic (exact) mass is 290 g/mol. The van der Waals surface area contributed by atoms with Crippen molar-refractivity contribution in [1.82, 2.24) is 5.32 Å². The zero-order valence-corrected chi connectivity index (χ0v) is 13.1. The van der Waals surface area contributed by atoms with Crippen LogP contribution in [0.1, 0.15) is 45.1 Å². The quantitative estimate of drug-likeness (QED) is 0.650. The molecule has 0 saturated heterocycles. The summed E-state index contributed by atoms with van der Waals surface area (Å²) < 4.78 is 5.69. The van der Waals surface area contributed by atoms with Gasteiger partial charge in [0.15, 0.2) is 0 Å². The van der Waals surface area contributed by atoms with E-state index in [1.54, 1.807) is 0 Å². The highest BCUT2D eigenvalue weighted by atomic mass is 16.5. The fourth-order valence-corrected chi connectivity index (χ4v) is 2.23. The maximum Gasteiger partial charge on any atom is 0.119 e. The number of nitriles is 1. The van der Waals surface area contributed by atoms with E-state index in [0.717, 1.165) is 43.5 Å². The molecular formula is C17H26N2O2. The molecule has 4 nitrogen and oxygen atoms in total. The van der Waals surface area contributed by atoms with E-state index in [2.05, 4.69) is 18.3 Å². The molecule has 116 valence electrons. The van der Waals surface area contributed by atoms with Crippen LogP contribution in [0, 0.1) is 11.3 Å². The van der Waals surface area contributed by atoms with Crippen LogP contribution in [-0.2, 0) is 6.61 Å². The first-order valence-corrected chi connectivity index (χ1v) is 7.68. The van der Waals surface area contributed by atoms with Crippen LogP contribution < -0.4 is 10.1 Å². The Balaban J connectivity index is 2.42. The summed E-state index contributed by atoms with van der Waals surface area (Å²) in [5, 5.41) is 21.8. The molecule has 1 unspecified atom stereocenters. The van der Waals surface area contributed by atoms with Gasteiger partial charge in [-0.1, -0.05) is 26.0 Å². The number of hydrogen-bond acceptors (Lipinski definition) is 4. The van der Waals surface area contributed by atoms with E-state index >= 15 is 0 Å². The molecule has 0 amide bonds. The number of nitrogens with zero attached hydrogens (tertiary/aromatic N) is 1. The maximum atomic E-state index is 9.41. The van der Waals surface area contributed by atoms with E-state index < -0.39 is 5.54 Å². The third-order valence-electron chi connectivity index (χ3n) is 3.63. The molecule has 1 aromatic rings. The van der Waals surface area contributed by atoms with E-state index in [1.807, 2.05) is 31.2 Å². The highest BCUT2D eigenvalue weighted by molar-refractivity contribution is 5.27. The van der Waals surface area contributed by atoms with Gasteiger partial charge in [-0.3, -0.25) is 5.32 Å². The number of ether oxygens (including phenoxy) is 1. The van der Waals surface area contributed by atoms with Crippen LogP contribution in [0.4, 0.5) is 0 Å². The Hall–Kier alpha value is -1.57. The summed E-state index contributed by atoms with van der Waals surface area (Å²) >= 11 is 0. The zero-order chi connectivity index (χ0) is 15.6. The summed E-state index contributed by atoms with van der Waals surface area (Å²) in [6, 6.07) is 9.87. The molecule has 1 rings (SSSR count). The molecule has 0 aliphatic carbocycles. The normalized spacial score (nSPS) is 13.4. The predicted octanol–water partition coefficient (Wildman–Crippen LogP) is 3.01. The van der Waals surface area contributed by atoms with Gasteiger partial charge in [-0.25, -0.2) is 0 Å². The zero-order valence-electron chi connectivity index (χ0n) is 13.1. The molecule has 0 saturated carbocycles. The number of benzene rings is 1. The molecule has 1 aromatic carbocycles. The van der Waals surface area contributed by atoms with Gasteiger partial charge in [0.25, 0.3) is 0 Å². The number of aliphatic hydroxyl groups excluding tert-OH is 1. The molecular weight excluding hydrogens is 264 g/mol. The van der Waals surface area contributed by atoms with Crippen molar-refractivity contribution in [3.63, 3.8) is 0 Å².